The second-order valence-corrected chi connectivity index (χ2v) is 11.1. The van der Waals surface area contributed by atoms with Gasteiger partial charge in [0.05, 0.1) is 6.61 Å². The number of nitrogens with zero attached hydrogens (tertiary/aromatic N) is 1. The van der Waals surface area contributed by atoms with Crippen LogP contribution in [-0.4, -0.2) is 52.7 Å². The number of carbonyl (C=O) groups is 3. The van der Waals surface area contributed by atoms with Gasteiger partial charge in [0.1, 0.15) is 17.7 Å². The third-order valence-corrected chi connectivity index (χ3v) is 6.80. The highest BCUT2D eigenvalue weighted by molar-refractivity contribution is 5.99. The predicted octanol–water partition coefficient (Wildman–Crippen LogP) is 5.25. The fourth-order valence-electron chi connectivity index (χ4n) is 4.61. The van der Waals surface area contributed by atoms with Crippen molar-refractivity contribution in [1.29, 1.82) is 0 Å². The molecule has 0 spiro atoms. The Bertz CT molecular complexity index is 1350. The molecule has 0 saturated heterocycles. The Morgan fingerprint density at radius 3 is 2.15 bits per heavy atom. The van der Waals surface area contributed by atoms with Crippen molar-refractivity contribution in [2.24, 2.45) is 0 Å². The van der Waals surface area contributed by atoms with Crippen LogP contribution in [0.4, 0.5) is 10.5 Å². The zero-order chi connectivity index (χ0) is 30.2. The summed E-state index contributed by atoms with van der Waals surface area (Å²) in [6, 6.07) is 20.2. The van der Waals surface area contributed by atoms with Gasteiger partial charge < -0.3 is 25.4 Å². The number of para-hydroxylation sites is 1. The number of benzene rings is 3. The van der Waals surface area contributed by atoms with Gasteiger partial charge in [-0.3, -0.25) is 9.59 Å². The average molecular weight is 560 g/mol. The Hall–Kier alpha value is -4.17. The summed E-state index contributed by atoms with van der Waals surface area (Å²) in [7, 11) is 0. The number of aliphatic hydroxyl groups excluding tert-OH is 1. The molecule has 3 aromatic carbocycles. The Kier molecular flexibility index (Phi) is 10.7. The molecule has 0 aliphatic rings. The minimum atomic E-state index is -1.08. The van der Waals surface area contributed by atoms with Gasteiger partial charge in [-0.25, -0.2) is 4.79 Å². The molecule has 3 amide bonds. The molecule has 3 N–H and O–H groups in total. The Labute approximate surface area is 242 Å². The van der Waals surface area contributed by atoms with E-state index in [2.05, 4.69) is 10.6 Å². The summed E-state index contributed by atoms with van der Waals surface area (Å²) in [4.78, 5) is 42.6. The number of aliphatic hydroxyl groups is 1. The van der Waals surface area contributed by atoms with Gasteiger partial charge in [-0.2, -0.15) is 0 Å². The number of rotatable bonds is 10. The number of ether oxygens (including phenoxy) is 1. The number of nitrogens with one attached hydrogen (secondary N) is 2. The topological polar surface area (TPSA) is 108 Å². The highest BCUT2D eigenvalue weighted by atomic mass is 16.6. The number of anilines is 1. The monoisotopic (exact) mass is 559 g/mol. The average Bonchev–Trinajstić information content (AvgIpc) is 2.91. The molecule has 0 radical (unpaired) electrons. The van der Waals surface area contributed by atoms with E-state index in [1.54, 1.807) is 26.8 Å². The third kappa shape index (κ3) is 8.66. The van der Waals surface area contributed by atoms with E-state index >= 15 is 0 Å². The van der Waals surface area contributed by atoms with Crippen LogP contribution in [0.25, 0.3) is 0 Å². The summed E-state index contributed by atoms with van der Waals surface area (Å²) in [5.74, 6) is -0.940. The maximum atomic E-state index is 14.3. The van der Waals surface area contributed by atoms with Crippen molar-refractivity contribution < 1.29 is 24.2 Å². The Morgan fingerprint density at radius 2 is 1.51 bits per heavy atom. The van der Waals surface area contributed by atoms with Crippen LogP contribution in [0.15, 0.2) is 72.8 Å². The molecule has 0 aromatic heterocycles. The lowest BCUT2D eigenvalue weighted by atomic mass is 9.94. The molecule has 0 bridgehead atoms. The number of aryl methyl sites for hydroxylation is 2. The number of hydrogen-bond donors (Lipinski definition) is 3. The highest BCUT2D eigenvalue weighted by Crippen LogP contribution is 2.29. The molecule has 8 nitrogen and oxygen atoms in total. The van der Waals surface area contributed by atoms with Gasteiger partial charge in [0, 0.05) is 18.7 Å². The summed E-state index contributed by atoms with van der Waals surface area (Å²) in [6.07, 6.45) is -0.580. The summed E-state index contributed by atoms with van der Waals surface area (Å²) in [6.45, 7) is 10.5. The largest absolute Gasteiger partial charge is 0.444 e. The van der Waals surface area contributed by atoms with Crippen LogP contribution >= 0.6 is 0 Å². The minimum Gasteiger partial charge on any atom is -0.444 e. The van der Waals surface area contributed by atoms with E-state index in [-0.39, 0.29) is 19.6 Å². The number of hydrogen-bond acceptors (Lipinski definition) is 5. The Morgan fingerprint density at radius 1 is 0.878 bits per heavy atom. The van der Waals surface area contributed by atoms with Crippen molar-refractivity contribution in [2.45, 2.75) is 65.6 Å². The van der Waals surface area contributed by atoms with E-state index in [0.717, 1.165) is 22.3 Å². The van der Waals surface area contributed by atoms with Gasteiger partial charge in [-0.1, -0.05) is 66.7 Å². The number of amides is 3. The van der Waals surface area contributed by atoms with Crippen LogP contribution < -0.4 is 10.6 Å². The normalized spacial score (nSPS) is 12.7. The molecule has 2 atom stereocenters. The molecule has 2 unspecified atom stereocenters. The van der Waals surface area contributed by atoms with Crippen molar-refractivity contribution in [1.82, 2.24) is 10.2 Å². The molecule has 3 rings (SSSR count). The summed E-state index contributed by atoms with van der Waals surface area (Å²) in [5, 5.41) is 15.8. The van der Waals surface area contributed by atoms with E-state index in [1.165, 1.54) is 4.90 Å². The third-order valence-electron chi connectivity index (χ3n) is 6.80. The lowest BCUT2D eigenvalue weighted by molar-refractivity contribution is -0.141. The van der Waals surface area contributed by atoms with E-state index in [4.69, 9.17) is 4.74 Å². The predicted molar refractivity (Wildman–Crippen MR) is 161 cm³/mol. The first-order valence-electron chi connectivity index (χ1n) is 13.8. The van der Waals surface area contributed by atoms with Crippen LogP contribution in [0.2, 0.25) is 0 Å². The van der Waals surface area contributed by atoms with Crippen LogP contribution in [0, 0.1) is 20.8 Å². The lowest BCUT2D eigenvalue weighted by Gasteiger charge is -2.35. The Balaban J connectivity index is 2.08. The van der Waals surface area contributed by atoms with E-state index in [9.17, 15) is 19.5 Å². The van der Waals surface area contributed by atoms with Gasteiger partial charge in [0.2, 0.25) is 5.91 Å². The minimum absolute atomic E-state index is 0.126. The second kappa shape index (κ2) is 13.9. The summed E-state index contributed by atoms with van der Waals surface area (Å²) < 4.78 is 5.47. The van der Waals surface area contributed by atoms with Crippen molar-refractivity contribution in [3.63, 3.8) is 0 Å². The molecule has 8 heteroatoms. The fraction of sp³-hybridized carbons (Fsp3) is 0.364. The zero-order valence-corrected chi connectivity index (χ0v) is 24.7. The first kappa shape index (κ1) is 31.4. The lowest BCUT2D eigenvalue weighted by Crippen LogP contribution is -2.54. The van der Waals surface area contributed by atoms with Crippen LogP contribution in [0.5, 0.6) is 0 Å². The van der Waals surface area contributed by atoms with Crippen LogP contribution in [-0.2, 0) is 20.7 Å². The van der Waals surface area contributed by atoms with Gasteiger partial charge in [0.15, 0.2) is 0 Å². The zero-order valence-electron chi connectivity index (χ0n) is 24.7. The number of carbonyl (C=O) groups excluding carboxylic acids is 3. The maximum absolute atomic E-state index is 14.3. The first-order valence-corrected chi connectivity index (χ1v) is 13.8. The van der Waals surface area contributed by atoms with Crippen molar-refractivity contribution >= 4 is 23.6 Å². The van der Waals surface area contributed by atoms with Gasteiger partial charge in [0.25, 0.3) is 5.91 Å². The molecule has 0 heterocycles. The molecule has 0 fully saturated rings. The molecule has 0 aliphatic carbocycles. The molecule has 0 saturated carbocycles. The van der Waals surface area contributed by atoms with E-state index in [1.807, 2.05) is 87.5 Å². The second-order valence-electron chi connectivity index (χ2n) is 11.1. The van der Waals surface area contributed by atoms with Gasteiger partial charge in [-0.05, 0) is 75.4 Å². The molecular formula is C33H41N3O5. The fourth-order valence-corrected chi connectivity index (χ4v) is 4.61. The first-order chi connectivity index (χ1) is 19.4. The van der Waals surface area contributed by atoms with Crippen molar-refractivity contribution in [3.8, 4) is 0 Å². The van der Waals surface area contributed by atoms with Crippen molar-refractivity contribution in [3.05, 3.63) is 101 Å². The molecule has 218 valence electrons. The van der Waals surface area contributed by atoms with Gasteiger partial charge in [-0.15, -0.1) is 0 Å². The molecule has 41 heavy (non-hydrogen) atoms. The van der Waals surface area contributed by atoms with Gasteiger partial charge >= 0.3 is 6.09 Å². The van der Waals surface area contributed by atoms with Crippen LogP contribution in [0.1, 0.15) is 54.6 Å². The molecule has 0 aliphatic heterocycles. The maximum Gasteiger partial charge on any atom is 0.408 e. The summed E-state index contributed by atoms with van der Waals surface area (Å²) in [5.41, 5.74) is 3.98. The molecule has 3 aromatic rings. The SMILES string of the molecule is Cc1ccccc1NC(=O)C(c1cccc(C)c1C)N(CCO)C(=O)C(Cc1ccccc1)NC(=O)OC(C)(C)C. The van der Waals surface area contributed by atoms with E-state index in [0.29, 0.717) is 11.3 Å². The smallest absolute Gasteiger partial charge is 0.408 e. The summed E-state index contributed by atoms with van der Waals surface area (Å²) >= 11 is 0. The highest BCUT2D eigenvalue weighted by Gasteiger charge is 2.37. The van der Waals surface area contributed by atoms with Crippen molar-refractivity contribution in [2.75, 3.05) is 18.5 Å². The molecular weight excluding hydrogens is 518 g/mol. The van der Waals surface area contributed by atoms with Crippen LogP contribution in [0.3, 0.4) is 0 Å². The van der Waals surface area contributed by atoms with E-state index < -0.39 is 35.6 Å². The standard InChI is InChI=1S/C33H41N3O5/c1-22-14-12-17-26(24(22)3)29(30(38)34-27-18-11-10-13-23(27)2)36(19-20-37)31(39)28(21-25-15-8-7-9-16-25)35-32(40)41-33(4,5)6/h7-18,28-29,37H,19-21H2,1-6H3,(H,34,38)(H,35,40). The number of alkyl carbamates (subject to hydrolysis) is 1. The quantitative estimate of drug-likeness (QED) is 0.315.